The Kier molecular flexibility index (Phi) is 6.56. The smallest absolute Gasteiger partial charge is 0.265 e. The van der Waals surface area contributed by atoms with Gasteiger partial charge in [0.05, 0.1) is 10.6 Å². The van der Waals surface area contributed by atoms with Crippen LogP contribution in [0.4, 0.5) is 11.5 Å². The zero-order valence-corrected chi connectivity index (χ0v) is 20.0. The van der Waals surface area contributed by atoms with Gasteiger partial charge in [-0.15, -0.1) is 0 Å². The summed E-state index contributed by atoms with van der Waals surface area (Å²) in [5.41, 5.74) is 1.53. The molecule has 1 fully saturated rings. The van der Waals surface area contributed by atoms with Crippen LogP contribution >= 0.6 is 23.4 Å². The van der Waals surface area contributed by atoms with Crippen molar-refractivity contribution in [2.45, 2.75) is 4.90 Å². The first-order chi connectivity index (χ1) is 16.6. The molecule has 3 heterocycles. The summed E-state index contributed by atoms with van der Waals surface area (Å²) in [6, 6.07) is 20.9. The zero-order valence-electron chi connectivity index (χ0n) is 18.4. The third-order valence-electron chi connectivity index (χ3n) is 5.92. The number of fused-ring (bicyclic) bond motifs is 1. The van der Waals surface area contributed by atoms with E-state index in [1.165, 1.54) is 11.8 Å². The van der Waals surface area contributed by atoms with Gasteiger partial charge >= 0.3 is 0 Å². The van der Waals surface area contributed by atoms with Gasteiger partial charge in [0.2, 0.25) is 5.91 Å². The topological polar surface area (TPSA) is 56.8 Å². The van der Waals surface area contributed by atoms with Crippen LogP contribution in [0.15, 0.2) is 82.7 Å². The van der Waals surface area contributed by atoms with E-state index < -0.39 is 0 Å². The van der Waals surface area contributed by atoms with E-state index in [-0.39, 0.29) is 18.4 Å². The predicted molar refractivity (Wildman–Crippen MR) is 137 cm³/mol. The van der Waals surface area contributed by atoms with Crippen LogP contribution in [0.2, 0.25) is 5.02 Å². The number of hydrogen-bond acceptors (Lipinski definition) is 5. The summed E-state index contributed by atoms with van der Waals surface area (Å²) < 4.78 is 0. The van der Waals surface area contributed by atoms with Gasteiger partial charge in [0, 0.05) is 42.3 Å². The number of benzene rings is 2. The number of hydrogen-bond donors (Lipinski definition) is 0. The number of amides is 2. The molecule has 0 radical (unpaired) electrons. The SMILES string of the molecule is O=C(CN1C(=O)/C(=C\c2ccccc2Cl)Sc2ccccc21)N1CCN(c2ccccn2)CC1. The van der Waals surface area contributed by atoms with Gasteiger partial charge in [-0.2, -0.15) is 0 Å². The lowest BCUT2D eigenvalue weighted by molar-refractivity contribution is -0.131. The quantitative estimate of drug-likeness (QED) is 0.502. The van der Waals surface area contributed by atoms with Crippen LogP contribution in [0.1, 0.15) is 5.56 Å². The highest BCUT2D eigenvalue weighted by Crippen LogP contribution is 2.42. The van der Waals surface area contributed by atoms with E-state index in [9.17, 15) is 9.59 Å². The molecule has 34 heavy (non-hydrogen) atoms. The molecule has 0 bridgehead atoms. The first kappa shape index (κ1) is 22.5. The van der Waals surface area contributed by atoms with Gasteiger partial charge in [-0.25, -0.2) is 4.98 Å². The number of halogens is 1. The average Bonchev–Trinajstić information content (AvgIpc) is 2.88. The average molecular weight is 491 g/mol. The lowest BCUT2D eigenvalue weighted by Gasteiger charge is -2.37. The summed E-state index contributed by atoms with van der Waals surface area (Å²) in [6.45, 7) is 2.60. The van der Waals surface area contributed by atoms with Gasteiger partial charge in [0.15, 0.2) is 0 Å². The summed E-state index contributed by atoms with van der Waals surface area (Å²) in [5.74, 6) is 0.665. The number of piperazine rings is 1. The Balaban J connectivity index is 1.33. The summed E-state index contributed by atoms with van der Waals surface area (Å²) in [5, 5.41) is 0.579. The van der Waals surface area contributed by atoms with E-state index in [2.05, 4.69) is 9.88 Å². The second-order valence-electron chi connectivity index (χ2n) is 8.05. The molecule has 2 aromatic carbocycles. The molecule has 0 spiro atoms. The number of rotatable bonds is 4. The Bertz CT molecular complexity index is 1240. The largest absolute Gasteiger partial charge is 0.353 e. The number of anilines is 2. The van der Waals surface area contributed by atoms with Crippen molar-refractivity contribution in [2.24, 2.45) is 0 Å². The Labute approximate surface area is 207 Å². The molecule has 6 nitrogen and oxygen atoms in total. The fraction of sp³-hybridized carbons (Fsp3) is 0.192. The van der Waals surface area contributed by atoms with Crippen LogP contribution in [0.3, 0.4) is 0 Å². The lowest BCUT2D eigenvalue weighted by Crippen LogP contribution is -2.52. The molecule has 2 aliphatic rings. The minimum atomic E-state index is -0.191. The fourth-order valence-electron chi connectivity index (χ4n) is 4.11. The van der Waals surface area contributed by atoms with Crippen LogP contribution < -0.4 is 9.80 Å². The molecule has 1 saturated heterocycles. The molecule has 0 N–H and O–H groups in total. The molecular weight excluding hydrogens is 468 g/mol. The van der Waals surface area contributed by atoms with Crippen LogP contribution in [0.5, 0.6) is 0 Å². The van der Waals surface area contributed by atoms with Gasteiger partial charge in [-0.3, -0.25) is 14.5 Å². The highest BCUT2D eigenvalue weighted by atomic mass is 35.5. The minimum Gasteiger partial charge on any atom is -0.353 e. The zero-order chi connectivity index (χ0) is 23.5. The predicted octanol–water partition coefficient (Wildman–Crippen LogP) is 4.56. The molecule has 8 heteroatoms. The maximum absolute atomic E-state index is 13.5. The number of thioether (sulfide) groups is 1. The second kappa shape index (κ2) is 9.91. The lowest BCUT2D eigenvalue weighted by atomic mass is 10.2. The van der Waals surface area contributed by atoms with E-state index >= 15 is 0 Å². The van der Waals surface area contributed by atoms with Crippen molar-refractivity contribution in [2.75, 3.05) is 42.5 Å². The maximum Gasteiger partial charge on any atom is 0.265 e. The van der Waals surface area contributed by atoms with Crippen molar-refractivity contribution in [1.29, 1.82) is 0 Å². The number of nitrogens with zero attached hydrogens (tertiary/aromatic N) is 4. The fourth-order valence-corrected chi connectivity index (χ4v) is 5.35. The van der Waals surface area contributed by atoms with Crippen LogP contribution in [0, 0.1) is 0 Å². The molecule has 0 unspecified atom stereocenters. The van der Waals surface area contributed by atoms with Gasteiger partial charge in [-0.05, 0) is 42.0 Å². The number of carbonyl (C=O) groups is 2. The highest BCUT2D eigenvalue weighted by molar-refractivity contribution is 8.04. The van der Waals surface area contributed by atoms with Crippen molar-refractivity contribution in [3.8, 4) is 0 Å². The first-order valence-electron chi connectivity index (χ1n) is 11.1. The Hall–Kier alpha value is -3.29. The molecule has 1 aromatic heterocycles. The van der Waals surface area contributed by atoms with E-state index in [4.69, 9.17) is 11.6 Å². The van der Waals surface area contributed by atoms with Gasteiger partial charge in [0.1, 0.15) is 12.4 Å². The summed E-state index contributed by atoms with van der Waals surface area (Å²) in [4.78, 5) is 38.2. The van der Waals surface area contributed by atoms with E-state index in [1.807, 2.05) is 65.6 Å². The highest BCUT2D eigenvalue weighted by Gasteiger charge is 2.32. The second-order valence-corrected chi connectivity index (χ2v) is 9.54. The van der Waals surface area contributed by atoms with Crippen LogP contribution in [-0.4, -0.2) is 54.4 Å². The molecule has 0 saturated carbocycles. The molecule has 0 aliphatic carbocycles. The van der Waals surface area contributed by atoms with Crippen molar-refractivity contribution in [3.05, 3.63) is 88.4 Å². The standard InChI is InChI=1S/C26H23ClN4O2S/c27-20-8-2-1-7-19(20)17-23-26(33)31(21-9-3-4-10-22(21)34-23)18-25(32)30-15-13-29(14-16-30)24-11-5-6-12-28-24/h1-12,17H,13-16,18H2/b23-17+. The minimum absolute atomic E-state index is 0.000143. The normalized spacial score (nSPS) is 17.1. The monoisotopic (exact) mass is 490 g/mol. The van der Waals surface area contributed by atoms with Gasteiger partial charge in [-0.1, -0.05) is 59.8 Å². The van der Waals surface area contributed by atoms with Crippen LogP contribution in [0.25, 0.3) is 6.08 Å². The van der Waals surface area contributed by atoms with Gasteiger partial charge in [0.25, 0.3) is 5.91 Å². The molecule has 5 rings (SSSR count). The van der Waals surface area contributed by atoms with Crippen molar-refractivity contribution < 1.29 is 9.59 Å². The Morgan fingerprint density at radius 1 is 0.971 bits per heavy atom. The molecule has 0 atom stereocenters. The molecular formula is C26H23ClN4O2S. The molecule has 2 amide bonds. The molecule has 172 valence electrons. The maximum atomic E-state index is 13.5. The van der Waals surface area contributed by atoms with E-state index in [1.54, 1.807) is 23.2 Å². The number of pyridine rings is 1. The third kappa shape index (κ3) is 4.67. The Morgan fingerprint density at radius 3 is 2.47 bits per heavy atom. The molecule has 2 aliphatic heterocycles. The first-order valence-corrected chi connectivity index (χ1v) is 12.3. The number of carbonyl (C=O) groups excluding carboxylic acids is 2. The summed E-state index contributed by atoms with van der Waals surface area (Å²) >= 11 is 7.73. The van der Waals surface area contributed by atoms with Crippen molar-refractivity contribution in [1.82, 2.24) is 9.88 Å². The third-order valence-corrected chi connectivity index (χ3v) is 7.34. The van der Waals surface area contributed by atoms with E-state index in [0.717, 1.165) is 22.0 Å². The number of para-hydroxylation sites is 1. The summed E-state index contributed by atoms with van der Waals surface area (Å²) in [7, 11) is 0. The van der Waals surface area contributed by atoms with Crippen molar-refractivity contribution in [3.63, 3.8) is 0 Å². The van der Waals surface area contributed by atoms with E-state index in [0.29, 0.717) is 36.1 Å². The summed E-state index contributed by atoms with van der Waals surface area (Å²) in [6.07, 6.45) is 3.58. The Morgan fingerprint density at radius 2 is 1.71 bits per heavy atom. The van der Waals surface area contributed by atoms with Gasteiger partial charge < -0.3 is 9.80 Å². The molecule has 3 aromatic rings. The number of aromatic nitrogens is 1. The van der Waals surface area contributed by atoms with Crippen LogP contribution in [-0.2, 0) is 9.59 Å². The van der Waals surface area contributed by atoms with Crippen molar-refractivity contribution >= 4 is 52.8 Å².